The van der Waals surface area contributed by atoms with E-state index in [1.54, 1.807) is 18.4 Å². The summed E-state index contributed by atoms with van der Waals surface area (Å²) >= 11 is 0. The Labute approximate surface area is 107 Å². The molecule has 0 aliphatic carbocycles. The van der Waals surface area contributed by atoms with Gasteiger partial charge in [-0.1, -0.05) is 18.2 Å². The largest absolute Gasteiger partial charge is 0.268 e. The molecule has 0 radical (unpaired) electrons. The van der Waals surface area contributed by atoms with E-state index in [4.69, 9.17) is 0 Å². The molecule has 0 fully saturated rings. The minimum atomic E-state index is -0.956. The van der Waals surface area contributed by atoms with Crippen LogP contribution in [0.15, 0.2) is 46.1 Å². The summed E-state index contributed by atoms with van der Waals surface area (Å²) in [7, 11) is -0.956. The Balaban J connectivity index is 2.16. The summed E-state index contributed by atoms with van der Waals surface area (Å²) in [6.07, 6.45) is 5.33. The first-order chi connectivity index (χ1) is 8.65. The summed E-state index contributed by atoms with van der Waals surface area (Å²) in [6.45, 7) is 0. The van der Waals surface area contributed by atoms with Gasteiger partial charge in [0.15, 0.2) is 0 Å². The second-order valence-corrected chi connectivity index (χ2v) is 5.08. The molecule has 1 heterocycles. The number of nitrogens with zero attached hydrogens (tertiary/aromatic N) is 1. The summed E-state index contributed by atoms with van der Waals surface area (Å²) in [4.78, 5) is 11.6. The Morgan fingerprint density at radius 3 is 2.39 bits per heavy atom. The zero-order valence-electron chi connectivity index (χ0n) is 9.79. The Hall–Kier alpha value is -2.01. The van der Waals surface area contributed by atoms with Crippen LogP contribution in [-0.4, -0.2) is 20.7 Å². The van der Waals surface area contributed by atoms with E-state index in [9.17, 15) is 9.00 Å². The molecule has 0 aliphatic rings. The maximum absolute atomic E-state index is 11.2. The van der Waals surface area contributed by atoms with Crippen LogP contribution in [0.3, 0.4) is 0 Å². The van der Waals surface area contributed by atoms with Crippen LogP contribution >= 0.6 is 0 Å². The minimum absolute atomic E-state index is 0.220. The molecule has 0 bridgehead atoms. The first kappa shape index (κ1) is 12.4. The smallest absolute Gasteiger partial charge is 0.264 e. The first-order valence-corrected chi connectivity index (χ1v) is 6.88. The summed E-state index contributed by atoms with van der Waals surface area (Å²) in [6, 6.07) is 10.5. The third-order valence-electron chi connectivity index (χ3n) is 2.36. The number of aromatic amines is 1. The topological polar surface area (TPSA) is 62.8 Å². The maximum atomic E-state index is 11.2. The van der Waals surface area contributed by atoms with Crippen molar-refractivity contribution in [1.29, 1.82) is 0 Å². The highest BCUT2D eigenvalue weighted by Gasteiger charge is 1.95. The van der Waals surface area contributed by atoms with Gasteiger partial charge < -0.3 is 0 Å². The predicted molar refractivity (Wildman–Crippen MR) is 72.6 cm³/mol. The molecule has 0 spiro atoms. The van der Waals surface area contributed by atoms with Crippen molar-refractivity contribution in [1.82, 2.24) is 10.2 Å². The monoisotopic (exact) mass is 260 g/mol. The lowest BCUT2D eigenvalue weighted by atomic mass is 10.2. The van der Waals surface area contributed by atoms with Gasteiger partial charge in [-0.3, -0.25) is 9.00 Å². The van der Waals surface area contributed by atoms with Gasteiger partial charge in [0.1, 0.15) is 0 Å². The van der Waals surface area contributed by atoms with Gasteiger partial charge in [0.2, 0.25) is 0 Å². The fraction of sp³-hybridized carbons (Fsp3) is 0.0769. The van der Waals surface area contributed by atoms with Gasteiger partial charge in [0, 0.05) is 28.0 Å². The Kier molecular flexibility index (Phi) is 3.84. The molecule has 0 aliphatic heterocycles. The number of benzene rings is 1. The molecule has 1 atom stereocenters. The van der Waals surface area contributed by atoms with Crippen molar-refractivity contribution in [2.75, 3.05) is 6.26 Å². The van der Waals surface area contributed by atoms with E-state index in [1.165, 1.54) is 6.07 Å². The molecule has 1 unspecified atom stereocenters. The third kappa shape index (κ3) is 3.24. The fourth-order valence-electron chi connectivity index (χ4n) is 1.40. The van der Waals surface area contributed by atoms with Gasteiger partial charge in [-0.05, 0) is 29.8 Å². The van der Waals surface area contributed by atoms with Crippen molar-refractivity contribution in [2.24, 2.45) is 0 Å². The lowest BCUT2D eigenvalue weighted by Crippen LogP contribution is -2.05. The van der Waals surface area contributed by atoms with E-state index in [0.717, 1.165) is 10.5 Å². The number of rotatable bonds is 3. The van der Waals surface area contributed by atoms with Crippen molar-refractivity contribution in [3.63, 3.8) is 0 Å². The summed E-state index contributed by atoms with van der Waals surface area (Å²) in [5.74, 6) is 0. The Bertz CT molecular complexity index is 624. The van der Waals surface area contributed by atoms with Crippen LogP contribution in [0.4, 0.5) is 0 Å². The van der Waals surface area contributed by atoms with Crippen LogP contribution in [0, 0.1) is 0 Å². The third-order valence-corrected chi connectivity index (χ3v) is 3.30. The van der Waals surface area contributed by atoms with Crippen molar-refractivity contribution in [2.45, 2.75) is 4.90 Å². The zero-order valence-corrected chi connectivity index (χ0v) is 10.6. The van der Waals surface area contributed by atoms with E-state index in [1.807, 2.05) is 30.3 Å². The average Bonchev–Trinajstić information content (AvgIpc) is 2.38. The van der Waals surface area contributed by atoms with E-state index in [2.05, 4.69) is 10.2 Å². The SMILES string of the molecule is CS(=O)c1ccc(C=Cc2ccc(=O)[nH]n2)cc1. The summed E-state index contributed by atoms with van der Waals surface area (Å²) in [5.41, 5.74) is 1.44. The molecule has 2 rings (SSSR count). The molecule has 0 saturated heterocycles. The van der Waals surface area contributed by atoms with Gasteiger partial charge in [-0.15, -0.1) is 0 Å². The van der Waals surface area contributed by atoms with Crippen LogP contribution < -0.4 is 5.56 Å². The van der Waals surface area contributed by atoms with Crippen LogP contribution in [0.2, 0.25) is 0 Å². The second kappa shape index (κ2) is 5.55. The van der Waals surface area contributed by atoms with Crippen LogP contribution in [0.25, 0.3) is 12.2 Å². The number of hydrogen-bond donors (Lipinski definition) is 1. The number of hydrogen-bond acceptors (Lipinski definition) is 3. The van der Waals surface area contributed by atoms with E-state index in [0.29, 0.717) is 5.69 Å². The van der Waals surface area contributed by atoms with Gasteiger partial charge in [-0.2, -0.15) is 5.10 Å². The van der Waals surface area contributed by atoms with Gasteiger partial charge in [0.25, 0.3) is 5.56 Å². The molecule has 92 valence electrons. The molecule has 2 aromatic rings. The quantitative estimate of drug-likeness (QED) is 0.913. The highest BCUT2D eigenvalue weighted by atomic mass is 32.2. The van der Waals surface area contributed by atoms with Crippen molar-refractivity contribution < 1.29 is 4.21 Å². The fourth-order valence-corrected chi connectivity index (χ4v) is 1.92. The zero-order chi connectivity index (χ0) is 13.0. The average molecular weight is 260 g/mol. The van der Waals surface area contributed by atoms with Crippen LogP contribution in [0.5, 0.6) is 0 Å². The molecular weight excluding hydrogens is 248 g/mol. The van der Waals surface area contributed by atoms with Crippen molar-refractivity contribution in [3.8, 4) is 0 Å². The van der Waals surface area contributed by atoms with E-state index < -0.39 is 10.8 Å². The highest BCUT2D eigenvalue weighted by Crippen LogP contribution is 2.10. The molecule has 1 aromatic heterocycles. The van der Waals surface area contributed by atoms with Gasteiger partial charge in [-0.25, -0.2) is 5.10 Å². The van der Waals surface area contributed by atoms with Crippen LogP contribution in [0.1, 0.15) is 11.3 Å². The van der Waals surface area contributed by atoms with Crippen molar-refractivity contribution in [3.05, 3.63) is 58.0 Å². The van der Waals surface area contributed by atoms with Crippen LogP contribution in [-0.2, 0) is 10.8 Å². The Morgan fingerprint density at radius 2 is 1.83 bits per heavy atom. The predicted octanol–water partition coefficient (Wildman–Crippen LogP) is 1.68. The molecule has 4 nitrogen and oxygen atoms in total. The van der Waals surface area contributed by atoms with Gasteiger partial charge >= 0.3 is 0 Å². The number of nitrogens with one attached hydrogen (secondary N) is 1. The standard InChI is InChI=1S/C13H12N2O2S/c1-18(17)12-7-3-10(4-8-12)2-5-11-6-9-13(16)15-14-11/h2-9H,1H3,(H,15,16). The molecule has 18 heavy (non-hydrogen) atoms. The number of H-pyrrole nitrogens is 1. The number of aromatic nitrogens is 2. The lowest BCUT2D eigenvalue weighted by Gasteiger charge is -1.97. The summed E-state index contributed by atoms with van der Waals surface area (Å²) < 4.78 is 11.2. The van der Waals surface area contributed by atoms with Crippen molar-refractivity contribution >= 4 is 23.0 Å². The lowest BCUT2D eigenvalue weighted by molar-refractivity contribution is 0.687. The molecule has 1 N–H and O–H groups in total. The Morgan fingerprint density at radius 1 is 1.11 bits per heavy atom. The molecule has 0 saturated carbocycles. The van der Waals surface area contributed by atoms with Gasteiger partial charge in [0.05, 0.1) is 5.69 Å². The molecule has 5 heteroatoms. The van der Waals surface area contributed by atoms with E-state index in [-0.39, 0.29) is 5.56 Å². The van der Waals surface area contributed by atoms with E-state index >= 15 is 0 Å². The highest BCUT2D eigenvalue weighted by molar-refractivity contribution is 7.84. The molecule has 0 amide bonds. The summed E-state index contributed by atoms with van der Waals surface area (Å²) in [5, 5.41) is 6.23. The maximum Gasteiger partial charge on any atom is 0.264 e. The molecular formula is C13H12N2O2S. The first-order valence-electron chi connectivity index (χ1n) is 5.32. The minimum Gasteiger partial charge on any atom is -0.268 e. The normalized spacial score (nSPS) is 12.7. The molecule has 1 aromatic carbocycles. The second-order valence-electron chi connectivity index (χ2n) is 3.70.